The number of para-hydroxylation sites is 1. The number of carbonyl (C=O) groups excluding carboxylic acids is 2. The van der Waals surface area contributed by atoms with Crippen LogP contribution in [0.15, 0.2) is 77.6 Å². The molecule has 2 aliphatic heterocycles. The molecule has 1 saturated heterocycles. The summed E-state index contributed by atoms with van der Waals surface area (Å²) < 4.78 is 15.0. The number of pyridine rings is 1. The molecule has 8 heteroatoms. The van der Waals surface area contributed by atoms with Gasteiger partial charge < -0.3 is 19.9 Å². The minimum absolute atomic E-state index is 0.165. The SMILES string of the molecule is O=C(Nc1ccccc1)[C@H]1[C@H](CO)[C@H]2Cn3c(cccc3=O)[C@@H]1N2C(=O)c1ccc(F)cc1. The summed E-state index contributed by atoms with van der Waals surface area (Å²) in [6.07, 6.45) is 0. The van der Waals surface area contributed by atoms with Crippen molar-refractivity contribution < 1.29 is 19.1 Å². The average molecular weight is 447 g/mol. The Kier molecular flexibility index (Phi) is 5.30. The maximum absolute atomic E-state index is 13.6. The number of amides is 2. The summed E-state index contributed by atoms with van der Waals surface area (Å²) in [6, 6.07) is 17.6. The number of hydrogen-bond acceptors (Lipinski definition) is 4. The lowest BCUT2D eigenvalue weighted by Crippen LogP contribution is -2.49. The Morgan fingerprint density at radius 3 is 2.42 bits per heavy atom. The Morgan fingerprint density at radius 1 is 1.00 bits per heavy atom. The molecule has 3 heterocycles. The van der Waals surface area contributed by atoms with E-state index in [1.807, 2.05) is 6.07 Å². The lowest BCUT2D eigenvalue weighted by atomic mass is 9.86. The molecule has 0 radical (unpaired) electrons. The summed E-state index contributed by atoms with van der Waals surface area (Å²) >= 11 is 0. The number of aliphatic hydroxyl groups excluding tert-OH is 1. The highest BCUT2D eigenvalue weighted by molar-refractivity contribution is 5.98. The second-order valence-corrected chi connectivity index (χ2v) is 8.36. The van der Waals surface area contributed by atoms with Gasteiger partial charge in [-0.15, -0.1) is 0 Å². The van der Waals surface area contributed by atoms with Crippen LogP contribution in [-0.2, 0) is 11.3 Å². The average Bonchev–Trinajstić information content (AvgIpc) is 3.07. The zero-order chi connectivity index (χ0) is 23.1. The maximum atomic E-state index is 13.6. The van der Waals surface area contributed by atoms with Crippen molar-refractivity contribution in [1.82, 2.24) is 9.47 Å². The molecule has 1 aromatic heterocycles. The summed E-state index contributed by atoms with van der Waals surface area (Å²) in [5.41, 5.74) is 1.19. The smallest absolute Gasteiger partial charge is 0.254 e. The van der Waals surface area contributed by atoms with Crippen molar-refractivity contribution in [2.45, 2.75) is 18.6 Å². The lowest BCUT2D eigenvalue weighted by molar-refractivity contribution is -0.122. The molecule has 2 aliphatic rings. The third kappa shape index (κ3) is 3.52. The van der Waals surface area contributed by atoms with E-state index < -0.39 is 29.7 Å². The van der Waals surface area contributed by atoms with E-state index in [0.29, 0.717) is 11.4 Å². The zero-order valence-electron chi connectivity index (χ0n) is 17.6. The molecule has 7 nitrogen and oxygen atoms in total. The molecule has 168 valence electrons. The molecule has 33 heavy (non-hydrogen) atoms. The fourth-order valence-corrected chi connectivity index (χ4v) is 5.12. The monoisotopic (exact) mass is 447 g/mol. The van der Waals surface area contributed by atoms with Crippen molar-refractivity contribution in [3.8, 4) is 0 Å². The molecule has 1 fully saturated rings. The van der Waals surface area contributed by atoms with Crippen LogP contribution >= 0.6 is 0 Å². The number of hydrogen-bond donors (Lipinski definition) is 2. The Hall–Kier alpha value is -3.78. The molecule has 2 N–H and O–H groups in total. The van der Waals surface area contributed by atoms with Crippen molar-refractivity contribution in [1.29, 1.82) is 0 Å². The molecule has 0 unspecified atom stereocenters. The maximum Gasteiger partial charge on any atom is 0.254 e. The Bertz CT molecular complexity index is 1260. The van der Waals surface area contributed by atoms with Gasteiger partial charge in [-0.2, -0.15) is 0 Å². The van der Waals surface area contributed by atoms with Crippen LogP contribution in [0.4, 0.5) is 10.1 Å². The minimum atomic E-state index is -0.778. The van der Waals surface area contributed by atoms with Gasteiger partial charge in [0.05, 0.1) is 18.0 Å². The molecule has 0 aliphatic carbocycles. The standard InChI is InChI=1S/C25H22FN3O4/c26-16-11-9-15(10-12-16)25(33)29-20-13-28-19(7-4-8-21(28)31)23(29)22(18(20)14-30)24(32)27-17-5-2-1-3-6-17/h1-12,18,20,22-23,30H,13-14H2,(H,27,32)/t18-,20-,22+,23+/m1/s1. The van der Waals surface area contributed by atoms with Crippen molar-refractivity contribution >= 4 is 17.5 Å². The van der Waals surface area contributed by atoms with E-state index in [2.05, 4.69) is 5.32 Å². The van der Waals surface area contributed by atoms with Crippen LogP contribution in [0.2, 0.25) is 0 Å². The van der Waals surface area contributed by atoms with Gasteiger partial charge in [0, 0.05) is 42.1 Å². The highest BCUT2D eigenvalue weighted by atomic mass is 19.1. The minimum Gasteiger partial charge on any atom is -0.396 e. The summed E-state index contributed by atoms with van der Waals surface area (Å²) in [5.74, 6) is -2.53. The van der Waals surface area contributed by atoms with Crippen LogP contribution in [0.3, 0.4) is 0 Å². The zero-order valence-corrected chi connectivity index (χ0v) is 17.6. The third-order valence-corrected chi connectivity index (χ3v) is 6.59. The molecule has 5 rings (SSSR count). The predicted molar refractivity (Wildman–Crippen MR) is 119 cm³/mol. The largest absolute Gasteiger partial charge is 0.396 e. The lowest BCUT2D eigenvalue weighted by Gasteiger charge is -2.38. The molecular weight excluding hydrogens is 425 g/mol. The normalized spacial score (nSPS) is 23.2. The number of carbonyl (C=O) groups is 2. The first-order valence-corrected chi connectivity index (χ1v) is 10.7. The number of anilines is 1. The number of benzene rings is 2. The fourth-order valence-electron chi connectivity index (χ4n) is 5.12. The Balaban J connectivity index is 1.60. The summed E-state index contributed by atoms with van der Waals surface area (Å²) in [6.45, 7) is -0.164. The number of halogens is 1. The van der Waals surface area contributed by atoms with E-state index in [9.17, 15) is 23.9 Å². The second-order valence-electron chi connectivity index (χ2n) is 8.36. The predicted octanol–water partition coefficient (Wildman–Crippen LogP) is 2.43. The highest BCUT2D eigenvalue weighted by Crippen LogP contribution is 2.49. The molecule has 2 bridgehead atoms. The van der Waals surface area contributed by atoms with Gasteiger partial charge in [-0.05, 0) is 42.5 Å². The first-order valence-electron chi connectivity index (χ1n) is 10.7. The highest BCUT2D eigenvalue weighted by Gasteiger charge is 2.57. The van der Waals surface area contributed by atoms with Crippen LogP contribution in [0, 0.1) is 17.7 Å². The van der Waals surface area contributed by atoms with Crippen LogP contribution in [0.1, 0.15) is 22.1 Å². The summed E-state index contributed by atoms with van der Waals surface area (Å²) in [5, 5.41) is 13.2. The Labute approximate surface area is 189 Å². The van der Waals surface area contributed by atoms with Crippen molar-refractivity contribution in [2.75, 3.05) is 11.9 Å². The number of nitrogens with zero attached hydrogens (tertiary/aromatic N) is 2. The molecule has 0 spiro atoms. The molecule has 4 atom stereocenters. The van der Waals surface area contributed by atoms with Gasteiger partial charge in [-0.3, -0.25) is 14.4 Å². The fraction of sp³-hybridized carbons (Fsp3) is 0.240. The van der Waals surface area contributed by atoms with Gasteiger partial charge in [0.1, 0.15) is 5.82 Å². The van der Waals surface area contributed by atoms with Crippen LogP contribution in [-0.4, -0.2) is 39.0 Å². The molecule has 2 aromatic carbocycles. The van der Waals surface area contributed by atoms with Crippen molar-refractivity contribution in [2.24, 2.45) is 11.8 Å². The molecule has 3 aromatic rings. The van der Waals surface area contributed by atoms with Crippen LogP contribution < -0.4 is 10.9 Å². The van der Waals surface area contributed by atoms with Crippen LogP contribution in [0.25, 0.3) is 0 Å². The topological polar surface area (TPSA) is 91.6 Å². The van der Waals surface area contributed by atoms with Crippen LogP contribution in [0.5, 0.6) is 0 Å². The van der Waals surface area contributed by atoms with E-state index in [0.717, 1.165) is 0 Å². The van der Waals surface area contributed by atoms with Gasteiger partial charge in [0.25, 0.3) is 11.5 Å². The number of rotatable bonds is 4. The van der Waals surface area contributed by atoms with Gasteiger partial charge in [0.15, 0.2) is 0 Å². The Morgan fingerprint density at radius 2 is 1.73 bits per heavy atom. The third-order valence-electron chi connectivity index (χ3n) is 6.59. The van der Waals surface area contributed by atoms with E-state index >= 15 is 0 Å². The van der Waals surface area contributed by atoms with E-state index in [1.165, 1.54) is 30.3 Å². The molecule has 0 saturated carbocycles. The second kappa shape index (κ2) is 8.29. The van der Waals surface area contributed by atoms with Gasteiger partial charge in [-0.25, -0.2) is 4.39 Å². The number of aromatic nitrogens is 1. The van der Waals surface area contributed by atoms with Gasteiger partial charge in [-0.1, -0.05) is 24.3 Å². The quantitative estimate of drug-likeness (QED) is 0.643. The van der Waals surface area contributed by atoms with E-state index in [4.69, 9.17) is 0 Å². The summed E-state index contributed by atoms with van der Waals surface area (Å²) in [4.78, 5) is 41.2. The van der Waals surface area contributed by atoms with Gasteiger partial charge in [0.2, 0.25) is 5.91 Å². The first-order chi connectivity index (χ1) is 16.0. The van der Waals surface area contributed by atoms with E-state index in [1.54, 1.807) is 45.9 Å². The van der Waals surface area contributed by atoms with E-state index in [-0.39, 0.29) is 36.1 Å². The number of fused-ring (bicyclic) bond motifs is 4. The van der Waals surface area contributed by atoms with Crippen molar-refractivity contribution in [3.05, 3.63) is 100 Å². The summed E-state index contributed by atoms with van der Waals surface area (Å²) in [7, 11) is 0. The first kappa shape index (κ1) is 21.1. The molecule has 2 amide bonds. The van der Waals surface area contributed by atoms with Gasteiger partial charge >= 0.3 is 0 Å². The number of aliphatic hydroxyl groups is 1. The van der Waals surface area contributed by atoms with Crippen molar-refractivity contribution in [3.63, 3.8) is 0 Å². The number of nitrogens with one attached hydrogen (secondary N) is 1. The molecular formula is C25H22FN3O4.